The number of H-pyrrole nitrogens is 1. The van der Waals surface area contributed by atoms with Crippen molar-refractivity contribution < 1.29 is 4.79 Å². The summed E-state index contributed by atoms with van der Waals surface area (Å²) >= 11 is 1.34. The molecule has 3 rings (SSSR count). The lowest BCUT2D eigenvalue weighted by molar-refractivity contribution is -0.114. The van der Waals surface area contributed by atoms with E-state index in [9.17, 15) is 4.79 Å². The van der Waals surface area contributed by atoms with Crippen LogP contribution in [0.2, 0.25) is 0 Å². The van der Waals surface area contributed by atoms with Gasteiger partial charge in [-0.15, -0.1) is 11.3 Å². The number of nitrogens with zero attached hydrogens (tertiary/aromatic N) is 3. The fraction of sp³-hybridized carbons (Fsp3) is 0.0769. The van der Waals surface area contributed by atoms with Crippen molar-refractivity contribution in [1.82, 2.24) is 19.9 Å². The molecule has 3 aromatic rings. The van der Waals surface area contributed by atoms with E-state index in [2.05, 4.69) is 25.3 Å². The molecule has 0 aliphatic heterocycles. The molecule has 3 heterocycles. The number of nitrogens with two attached hydrogens (primary N) is 1. The topological polar surface area (TPSA) is 110 Å². The molecular formula is C13H12N6OS. The zero-order valence-corrected chi connectivity index (χ0v) is 11.7. The van der Waals surface area contributed by atoms with Crippen LogP contribution in [0.1, 0.15) is 0 Å². The Morgan fingerprint density at radius 3 is 2.95 bits per heavy atom. The third-order valence-corrected chi connectivity index (χ3v) is 3.50. The number of rotatable bonds is 4. The molecule has 0 aliphatic carbocycles. The zero-order chi connectivity index (χ0) is 14.7. The first-order chi connectivity index (χ1) is 10.3. The summed E-state index contributed by atoms with van der Waals surface area (Å²) in [5, 5.41) is 4.98. The van der Waals surface area contributed by atoms with Gasteiger partial charge in [0, 0.05) is 23.3 Å². The first kappa shape index (κ1) is 13.4. The predicted molar refractivity (Wildman–Crippen MR) is 80.6 cm³/mol. The second-order valence-corrected chi connectivity index (χ2v) is 5.03. The molecule has 0 radical (unpaired) electrons. The highest BCUT2D eigenvalue weighted by Crippen LogP contribution is 2.25. The number of nitrogens with one attached hydrogen (secondary N) is 2. The maximum Gasteiger partial charge on any atom is 0.239 e. The third-order valence-electron chi connectivity index (χ3n) is 2.74. The number of hydrogen-bond donors (Lipinski definition) is 3. The van der Waals surface area contributed by atoms with Gasteiger partial charge in [0.15, 0.2) is 5.13 Å². The fourth-order valence-electron chi connectivity index (χ4n) is 1.73. The summed E-state index contributed by atoms with van der Waals surface area (Å²) in [6, 6.07) is 3.74. The van der Waals surface area contributed by atoms with E-state index in [0.29, 0.717) is 5.13 Å². The molecular weight excluding hydrogens is 288 g/mol. The summed E-state index contributed by atoms with van der Waals surface area (Å²) in [7, 11) is 0. The van der Waals surface area contributed by atoms with E-state index in [1.807, 2.05) is 17.5 Å². The average molecular weight is 300 g/mol. The maximum absolute atomic E-state index is 11.2. The van der Waals surface area contributed by atoms with Gasteiger partial charge in [0.25, 0.3) is 0 Å². The largest absolute Gasteiger partial charge is 0.337 e. The Morgan fingerprint density at radius 2 is 2.19 bits per heavy atom. The Balaban J connectivity index is 1.82. The molecule has 0 aliphatic rings. The molecule has 0 unspecified atom stereocenters. The highest BCUT2D eigenvalue weighted by atomic mass is 32.1. The molecule has 0 aromatic carbocycles. The van der Waals surface area contributed by atoms with Crippen LogP contribution in [-0.4, -0.2) is 32.4 Å². The van der Waals surface area contributed by atoms with Crippen LogP contribution in [0.15, 0.2) is 36.1 Å². The summed E-state index contributed by atoms with van der Waals surface area (Å²) in [5.41, 5.74) is 7.70. The van der Waals surface area contributed by atoms with Gasteiger partial charge in [0.05, 0.1) is 18.4 Å². The molecule has 0 spiro atoms. The van der Waals surface area contributed by atoms with Crippen molar-refractivity contribution in [2.24, 2.45) is 5.73 Å². The van der Waals surface area contributed by atoms with Gasteiger partial charge in [-0.05, 0) is 12.1 Å². The van der Waals surface area contributed by atoms with Gasteiger partial charge in [0.1, 0.15) is 11.5 Å². The van der Waals surface area contributed by atoms with E-state index >= 15 is 0 Å². The van der Waals surface area contributed by atoms with Crippen LogP contribution in [-0.2, 0) is 4.79 Å². The number of imidazole rings is 1. The van der Waals surface area contributed by atoms with Crippen molar-refractivity contribution in [2.75, 3.05) is 11.9 Å². The van der Waals surface area contributed by atoms with E-state index in [4.69, 9.17) is 5.73 Å². The number of anilines is 1. The van der Waals surface area contributed by atoms with Gasteiger partial charge in [0.2, 0.25) is 5.91 Å². The molecule has 0 bridgehead atoms. The third kappa shape index (κ3) is 2.96. The van der Waals surface area contributed by atoms with Crippen molar-refractivity contribution in [2.45, 2.75) is 0 Å². The molecule has 21 heavy (non-hydrogen) atoms. The Kier molecular flexibility index (Phi) is 3.71. The molecule has 1 amide bonds. The quantitative estimate of drug-likeness (QED) is 0.676. The summed E-state index contributed by atoms with van der Waals surface area (Å²) < 4.78 is 0. The van der Waals surface area contributed by atoms with E-state index in [0.717, 1.165) is 22.8 Å². The minimum atomic E-state index is -0.266. The second-order valence-electron chi connectivity index (χ2n) is 4.17. The lowest BCUT2D eigenvalue weighted by atomic mass is 10.2. The summed E-state index contributed by atoms with van der Waals surface area (Å²) in [6.07, 6.45) is 5.13. The van der Waals surface area contributed by atoms with Gasteiger partial charge in [-0.25, -0.2) is 9.97 Å². The predicted octanol–water partition coefficient (Wildman–Crippen LogP) is 1.49. The Bertz CT molecular complexity index is 751. The van der Waals surface area contributed by atoms with Crippen LogP contribution in [0.5, 0.6) is 0 Å². The monoisotopic (exact) mass is 300 g/mol. The number of carbonyl (C=O) groups is 1. The van der Waals surface area contributed by atoms with Gasteiger partial charge in [-0.2, -0.15) is 0 Å². The summed E-state index contributed by atoms with van der Waals surface area (Å²) in [4.78, 5) is 27.0. The summed E-state index contributed by atoms with van der Waals surface area (Å²) in [6.45, 7) is -0.0643. The van der Waals surface area contributed by atoms with E-state index in [1.165, 1.54) is 11.3 Å². The van der Waals surface area contributed by atoms with Crippen LogP contribution in [0.4, 0.5) is 5.13 Å². The average Bonchev–Trinajstić information content (AvgIpc) is 3.17. The van der Waals surface area contributed by atoms with Crippen LogP contribution in [0.25, 0.3) is 22.8 Å². The maximum atomic E-state index is 11.2. The smallest absolute Gasteiger partial charge is 0.239 e. The lowest BCUT2D eigenvalue weighted by Crippen LogP contribution is -2.21. The van der Waals surface area contributed by atoms with E-state index in [-0.39, 0.29) is 12.5 Å². The standard InChI is InChI=1S/C13H12N6OS/c14-5-11(20)19-13-18-10(7-21-13)9-6-16-12(17-9)8-1-3-15-4-2-8/h1-4,6-7H,5,14H2,(H,16,17)(H,18,19,20). The molecule has 0 saturated carbocycles. The Hall–Kier alpha value is -2.58. The van der Waals surface area contributed by atoms with Crippen molar-refractivity contribution in [1.29, 1.82) is 0 Å². The number of aromatic amines is 1. The first-order valence-electron chi connectivity index (χ1n) is 6.17. The number of thiazole rings is 1. The van der Waals surface area contributed by atoms with Crippen LogP contribution < -0.4 is 11.1 Å². The van der Waals surface area contributed by atoms with Gasteiger partial charge in [-0.1, -0.05) is 0 Å². The first-order valence-corrected chi connectivity index (χ1v) is 7.05. The molecule has 8 heteroatoms. The minimum Gasteiger partial charge on any atom is -0.337 e. The van der Waals surface area contributed by atoms with Crippen molar-refractivity contribution in [3.8, 4) is 22.8 Å². The van der Waals surface area contributed by atoms with Gasteiger partial charge < -0.3 is 16.0 Å². The van der Waals surface area contributed by atoms with Crippen LogP contribution >= 0.6 is 11.3 Å². The van der Waals surface area contributed by atoms with E-state index < -0.39 is 0 Å². The molecule has 0 saturated heterocycles. The molecule has 3 aromatic heterocycles. The van der Waals surface area contributed by atoms with E-state index in [1.54, 1.807) is 18.6 Å². The molecule has 7 nitrogen and oxygen atoms in total. The number of carbonyl (C=O) groups excluding carboxylic acids is 1. The van der Waals surface area contributed by atoms with Crippen molar-refractivity contribution in [3.63, 3.8) is 0 Å². The van der Waals surface area contributed by atoms with Crippen molar-refractivity contribution >= 4 is 22.4 Å². The van der Waals surface area contributed by atoms with Crippen LogP contribution in [0.3, 0.4) is 0 Å². The Morgan fingerprint density at radius 1 is 1.38 bits per heavy atom. The van der Waals surface area contributed by atoms with Gasteiger partial charge in [-0.3, -0.25) is 9.78 Å². The Labute approximate surface area is 124 Å². The molecule has 0 fully saturated rings. The number of hydrogen-bond acceptors (Lipinski definition) is 6. The normalized spacial score (nSPS) is 10.5. The number of pyridine rings is 1. The second kappa shape index (κ2) is 5.81. The molecule has 4 N–H and O–H groups in total. The number of aromatic nitrogens is 4. The minimum absolute atomic E-state index is 0.0643. The highest BCUT2D eigenvalue weighted by molar-refractivity contribution is 7.14. The summed E-state index contributed by atoms with van der Waals surface area (Å²) in [5.74, 6) is 0.478. The molecule has 0 atom stereocenters. The fourth-order valence-corrected chi connectivity index (χ4v) is 2.46. The lowest BCUT2D eigenvalue weighted by Gasteiger charge is -1.96. The zero-order valence-electron chi connectivity index (χ0n) is 10.9. The van der Waals surface area contributed by atoms with Crippen molar-refractivity contribution in [3.05, 3.63) is 36.1 Å². The van der Waals surface area contributed by atoms with Crippen LogP contribution in [0, 0.1) is 0 Å². The highest BCUT2D eigenvalue weighted by Gasteiger charge is 2.10. The SMILES string of the molecule is NCC(=O)Nc1nc(-c2cnc(-c3ccncc3)[nH]2)cs1. The van der Waals surface area contributed by atoms with Gasteiger partial charge >= 0.3 is 0 Å². The number of amides is 1. The molecule has 106 valence electrons.